The molecule has 0 saturated carbocycles. The summed E-state index contributed by atoms with van der Waals surface area (Å²) in [5.74, 6) is -0.655. The summed E-state index contributed by atoms with van der Waals surface area (Å²) in [4.78, 5) is 40.8. The van der Waals surface area contributed by atoms with E-state index in [9.17, 15) is 14.4 Å². The van der Waals surface area contributed by atoms with Crippen LogP contribution in [-0.4, -0.2) is 46.7 Å². The summed E-state index contributed by atoms with van der Waals surface area (Å²) in [6.07, 6.45) is 0.154. The van der Waals surface area contributed by atoms with Crippen molar-refractivity contribution in [2.45, 2.75) is 65.3 Å². The predicted molar refractivity (Wildman–Crippen MR) is 141 cm³/mol. The number of aryl methyl sites for hydroxylation is 1. The average Bonchev–Trinajstić information content (AvgIpc) is 2.83. The zero-order chi connectivity index (χ0) is 26.0. The van der Waals surface area contributed by atoms with Gasteiger partial charge in [-0.3, -0.25) is 9.59 Å². The second kappa shape index (κ2) is 13.2. The van der Waals surface area contributed by atoms with Crippen molar-refractivity contribution in [2.24, 2.45) is 0 Å². The smallest absolute Gasteiger partial charge is 0.408 e. The van der Waals surface area contributed by atoms with Gasteiger partial charge in [0, 0.05) is 18.8 Å². The minimum absolute atomic E-state index is 0.0572. The summed E-state index contributed by atoms with van der Waals surface area (Å²) in [5, 5.41) is 5.56. The van der Waals surface area contributed by atoms with E-state index >= 15 is 0 Å². The number of rotatable bonds is 10. The molecule has 7 nitrogen and oxygen atoms in total. The van der Waals surface area contributed by atoms with E-state index in [2.05, 4.69) is 30.2 Å². The molecule has 2 unspecified atom stereocenters. The number of likely N-dealkylation sites (N-methyl/N-ethyl adjacent to an activating group) is 1. The van der Waals surface area contributed by atoms with E-state index in [0.29, 0.717) is 12.1 Å². The highest BCUT2D eigenvalue weighted by molar-refractivity contribution is 7.80. The van der Waals surface area contributed by atoms with E-state index in [4.69, 9.17) is 4.74 Å². The van der Waals surface area contributed by atoms with Gasteiger partial charge >= 0.3 is 6.09 Å². The van der Waals surface area contributed by atoms with Crippen molar-refractivity contribution >= 4 is 30.5 Å². The Labute approximate surface area is 214 Å². The lowest BCUT2D eigenvalue weighted by atomic mass is 10.0. The standard InChI is InChI=1S/C27H37N3O4S/c1-6-19-13-15-21(16-14-19)23(24(31)28-17-20-11-9-8-10-12-20)30(7-2)25(32)22(18-35)29-26(33)34-27(3,4)5/h8-16,22-23,35H,6-7,17-18H2,1-5H3,(H,28,31)(H,29,33). The fourth-order valence-electron chi connectivity index (χ4n) is 3.59. The highest BCUT2D eigenvalue weighted by Gasteiger charge is 2.35. The number of hydrogen-bond acceptors (Lipinski definition) is 5. The van der Waals surface area contributed by atoms with Gasteiger partial charge < -0.3 is 20.3 Å². The summed E-state index contributed by atoms with van der Waals surface area (Å²) in [5.41, 5.74) is 2.07. The molecule has 2 N–H and O–H groups in total. The van der Waals surface area contributed by atoms with Crippen LogP contribution in [0.25, 0.3) is 0 Å². The number of thiol groups is 1. The highest BCUT2D eigenvalue weighted by atomic mass is 32.1. The highest BCUT2D eigenvalue weighted by Crippen LogP contribution is 2.23. The minimum atomic E-state index is -0.951. The van der Waals surface area contributed by atoms with Crippen LogP contribution in [0.4, 0.5) is 4.79 Å². The minimum Gasteiger partial charge on any atom is -0.444 e. The van der Waals surface area contributed by atoms with Crippen LogP contribution in [0, 0.1) is 0 Å². The molecule has 2 rings (SSSR count). The number of carbonyl (C=O) groups excluding carboxylic acids is 3. The number of nitrogens with one attached hydrogen (secondary N) is 2. The molecule has 2 aromatic carbocycles. The van der Waals surface area contributed by atoms with Gasteiger partial charge in [-0.25, -0.2) is 4.79 Å². The van der Waals surface area contributed by atoms with Crippen molar-refractivity contribution in [1.82, 2.24) is 15.5 Å². The lowest BCUT2D eigenvalue weighted by molar-refractivity contribution is -0.141. The first-order valence-corrected chi connectivity index (χ1v) is 12.5. The largest absolute Gasteiger partial charge is 0.444 e. The molecule has 0 fully saturated rings. The first-order valence-electron chi connectivity index (χ1n) is 11.9. The third-order valence-electron chi connectivity index (χ3n) is 5.37. The Bertz CT molecular complexity index is 974. The molecule has 0 bridgehead atoms. The first kappa shape index (κ1) is 28.2. The van der Waals surface area contributed by atoms with E-state index in [0.717, 1.165) is 17.5 Å². The molecule has 3 amide bonds. The normalized spacial score (nSPS) is 12.9. The van der Waals surface area contributed by atoms with Gasteiger partial charge in [0.1, 0.15) is 17.7 Å². The van der Waals surface area contributed by atoms with Crippen molar-refractivity contribution in [3.8, 4) is 0 Å². The van der Waals surface area contributed by atoms with E-state index in [1.807, 2.05) is 54.6 Å². The van der Waals surface area contributed by atoms with Crippen LogP contribution in [0.3, 0.4) is 0 Å². The fourth-order valence-corrected chi connectivity index (χ4v) is 3.84. The van der Waals surface area contributed by atoms with Gasteiger partial charge in [0.25, 0.3) is 0 Å². The number of ether oxygens (including phenoxy) is 1. The Morgan fingerprint density at radius 2 is 1.60 bits per heavy atom. The Morgan fingerprint density at radius 1 is 0.971 bits per heavy atom. The Morgan fingerprint density at radius 3 is 2.11 bits per heavy atom. The molecule has 35 heavy (non-hydrogen) atoms. The molecular weight excluding hydrogens is 462 g/mol. The van der Waals surface area contributed by atoms with E-state index < -0.39 is 29.7 Å². The van der Waals surface area contributed by atoms with Crippen molar-refractivity contribution in [3.05, 3.63) is 71.3 Å². The van der Waals surface area contributed by atoms with Crippen molar-refractivity contribution in [2.75, 3.05) is 12.3 Å². The number of hydrogen-bond donors (Lipinski definition) is 3. The Kier molecular flexibility index (Phi) is 10.6. The Balaban J connectivity index is 2.32. The third kappa shape index (κ3) is 8.62. The van der Waals surface area contributed by atoms with Crippen LogP contribution in [0.15, 0.2) is 54.6 Å². The maximum atomic E-state index is 13.5. The van der Waals surface area contributed by atoms with Crippen molar-refractivity contribution < 1.29 is 19.1 Å². The zero-order valence-corrected chi connectivity index (χ0v) is 22.1. The number of alkyl carbamates (subject to hydrolysis) is 1. The molecule has 0 radical (unpaired) electrons. The second-order valence-corrected chi connectivity index (χ2v) is 9.57. The quantitative estimate of drug-likeness (QED) is 0.426. The molecule has 0 spiro atoms. The Hall–Kier alpha value is -3.00. The topological polar surface area (TPSA) is 87.7 Å². The average molecular weight is 500 g/mol. The second-order valence-electron chi connectivity index (χ2n) is 9.21. The van der Waals surface area contributed by atoms with Crippen LogP contribution in [0.1, 0.15) is 57.4 Å². The predicted octanol–water partition coefficient (Wildman–Crippen LogP) is 4.28. The molecule has 2 atom stereocenters. The summed E-state index contributed by atoms with van der Waals surface area (Å²) < 4.78 is 5.31. The van der Waals surface area contributed by atoms with Crippen LogP contribution >= 0.6 is 12.6 Å². The fraction of sp³-hybridized carbons (Fsp3) is 0.444. The molecule has 0 aromatic heterocycles. The molecule has 0 heterocycles. The molecular formula is C27H37N3O4S. The van der Waals surface area contributed by atoms with Gasteiger partial charge in [-0.1, -0.05) is 61.5 Å². The summed E-state index contributed by atoms with van der Waals surface area (Å²) in [7, 11) is 0. The lowest BCUT2D eigenvalue weighted by Crippen LogP contribution is -2.53. The first-order chi connectivity index (χ1) is 16.6. The molecule has 0 aliphatic carbocycles. The van der Waals surface area contributed by atoms with E-state index in [1.54, 1.807) is 27.7 Å². The molecule has 0 aliphatic rings. The summed E-state index contributed by atoms with van der Waals surface area (Å²) in [6.45, 7) is 9.69. The lowest BCUT2D eigenvalue weighted by Gasteiger charge is -2.33. The van der Waals surface area contributed by atoms with Crippen LogP contribution < -0.4 is 10.6 Å². The van der Waals surface area contributed by atoms with Gasteiger partial charge in [0.15, 0.2) is 0 Å². The van der Waals surface area contributed by atoms with Gasteiger partial charge in [-0.2, -0.15) is 12.6 Å². The van der Waals surface area contributed by atoms with Crippen LogP contribution in [0.2, 0.25) is 0 Å². The number of amides is 3. The SMILES string of the molecule is CCc1ccc(C(C(=O)NCc2ccccc2)N(CC)C(=O)C(CS)NC(=O)OC(C)(C)C)cc1. The third-order valence-corrected chi connectivity index (χ3v) is 5.73. The molecule has 0 saturated heterocycles. The van der Waals surface area contributed by atoms with Gasteiger partial charge in [0.2, 0.25) is 11.8 Å². The van der Waals surface area contributed by atoms with Crippen LogP contribution in [0.5, 0.6) is 0 Å². The molecule has 8 heteroatoms. The van der Waals surface area contributed by atoms with E-state index in [-0.39, 0.29) is 18.2 Å². The molecule has 190 valence electrons. The van der Waals surface area contributed by atoms with Gasteiger partial charge in [0.05, 0.1) is 0 Å². The van der Waals surface area contributed by atoms with Gasteiger partial charge in [-0.05, 0) is 50.8 Å². The van der Waals surface area contributed by atoms with Gasteiger partial charge in [-0.15, -0.1) is 0 Å². The van der Waals surface area contributed by atoms with Crippen molar-refractivity contribution in [1.29, 1.82) is 0 Å². The molecule has 0 aliphatic heterocycles. The number of carbonyl (C=O) groups is 3. The monoisotopic (exact) mass is 499 g/mol. The van der Waals surface area contributed by atoms with Crippen LogP contribution in [-0.2, 0) is 27.3 Å². The number of nitrogens with zero attached hydrogens (tertiary/aromatic N) is 1. The van der Waals surface area contributed by atoms with Crippen molar-refractivity contribution in [3.63, 3.8) is 0 Å². The maximum Gasteiger partial charge on any atom is 0.408 e. The summed E-state index contributed by atoms with van der Waals surface area (Å²) in [6, 6.07) is 15.4. The van der Waals surface area contributed by atoms with E-state index in [1.165, 1.54) is 4.90 Å². The zero-order valence-electron chi connectivity index (χ0n) is 21.2. The summed E-state index contributed by atoms with van der Waals surface area (Å²) >= 11 is 4.28. The maximum absolute atomic E-state index is 13.5. The number of benzene rings is 2. The molecule has 2 aromatic rings.